The van der Waals surface area contributed by atoms with E-state index >= 15 is 0 Å². The Morgan fingerprint density at radius 1 is 0.816 bits per heavy atom. The molecule has 0 aliphatic carbocycles. The topological polar surface area (TPSA) is 75.7 Å². The van der Waals surface area contributed by atoms with Gasteiger partial charge in [0.1, 0.15) is 12.4 Å². The average Bonchev–Trinajstić information content (AvgIpc) is 2.95. The van der Waals surface area contributed by atoms with Crippen LogP contribution in [0.2, 0.25) is 0 Å². The minimum atomic E-state index is -3.79. The predicted molar refractivity (Wildman–Crippen MR) is 151 cm³/mol. The van der Waals surface area contributed by atoms with Gasteiger partial charge in [0.15, 0.2) is 0 Å². The monoisotopic (exact) mass is 528 g/mol. The van der Waals surface area contributed by atoms with Gasteiger partial charge in [-0.1, -0.05) is 80.6 Å². The molecule has 0 aliphatic heterocycles. The summed E-state index contributed by atoms with van der Waals surface area (Å²) in [6, 6.07) is 32.2. The van der Waals surface area contributed by atoms with Gasteiger partial charge in [-0.2, -0.15) is 0 Å². The van der Waals surface area contributed by atoms with Crippen LogP contribution in [-0.4, -0.2) is 27.5 Å². The smallest absolute Gasteiger partial charge is 0.264 e. The van der Waals surface area contributed by atoms with Crippen molar-refractivity contribution in [3.8, 4) is 5.75 Å². The summed E-state index contributed by atoms with van der Waals surface area (Å²) in [5, 5.41) is 2.88. The summed E-state index contributed by atoms with van der Waals surface area (Å²) in [5.41, 5.74) is 2.96. The van der Waals surface area contributed by atoms with Crippen molar-refractivity contribution in [1.82, 2.24) is 5.32 Å². The number of para-hydroxylation sites is 2. The highest BCUT2D eigenvalue weighted by molar-refractivity contribution is 7.92. The third-order valence-corrected chi connectivity index (χ3v) is 7.89. The standard InChI is InChI=1S/C31H32N2O4S/c1-24(2)29-15-9-10-16-30(29)37-22-21-32-31(34)26-19-17-25(18-20-26)23-33(27-11-5-3-6-12-27)38(35,36)28-13-7-4-8-14-28/h3-20,24H,21-23H2,1-2H3,(H,32,34). The van der Waals surface area contributed by atoms with Crippen molar-refractivity contribution in [1.29, 1.82) is 0 Å². The minimum Gasteiger partial charge on any atom is -0.491 e. The molecule has 0 bridgehead atoms. The Labute approximate surface area is 225 Å². The molecule has 0 radical (unpaired) electrons. The number of hydrogen-bond donors (Lipinski definition) is 1. The van der Waals surface area contributed by atoms with Gasteiger partial charge in [-0.05, 0) is 59.5 Å². The Bertz CT molecular complexity index is 1440. The first kappa shape index (κ1) is 26.9. The Morgan fingerprint density at radius 2 is 1.42 bits per heavy atom. The number of carbonyl (C=O) groups excluding carboxylic acids is 1. The number of carbonyl (C=O) groups is 1. The number of hydrogen-bond acceptors (Lipinski definition) is 4. The second kappa shape index (κ2) is 12.4. The van der Waals surface area contributed by atoms with Crippen LogP contribution in [-0.2, 0) is 16.6 Å². The van der Waals surface area contributed by atoms with Gasteiger partial charge in [0, 0.05) is 5.56 Å². The van der Waals surface area contributed by atoms with Gasteiger partial charge in [-0.25, -0.2) is 8.42 Å². The van der Waals surface area contributed by atoms with E-state index in [-0.39, 0.29) is 17.3 Å². The van der Waals surface area contributed by atoms with E-state index in [9.17, 15) is 13.2 Å². The van der Waals surface area contributed by atoms with Crippen molar-refractivity contribution in [2.75, 3.05) is 17.5 Å². The van der Waals surface area contributed by atoms with Gasteiger partial charge in [-0.3, -0.25) is 9.10 Å². The third kappa shape index (κ3) is 6.61. The quantitative estimate of drug-likeness (QED) is 0.242. The highest BCUT2D eigenvalue weighted by atomic mass is 32.2. The van der Waals surface area contributed by atoms with Crippen molar-refractivity contribution in [3.63, 3.8) is 0 Å². The number of sulfonamides is 1. The van der Waals surface area contributed by atoms with Crippen LogP contribution in [0.25, 0.3) is 0 Å². The lowest BCUT2D eigenvalue weighted by molar-refractivity contribution is 0.0947. The molecule has 4 aromatic carbocycles. The molecule has 0 unspecified atom stereocenters. The summed E-state index contributed by atoms with van der Waals surface area (Å²) in [6.45, 7) is 5.08. The van der Waals surface area contributed by atoms with Crippen molar-refractivity contribution >= 4 is 21.6 Å². The molecule has 4 aromatic rings. The number of ether oxygens (including phenoxy) is 1. The van der Waals surface area contributed by atoms with Crippen molar-refractivity contribution in [2.45, 2.75) is 31.2 Å². The number of rotatable bonds is 11. The van der Waals surface area contributed by atoms with Gasteiger partial charge in [0.2, 0.25) is 0 Å². The van der Waals surface area contributed by atoms with Crippen LogP contribution in [0.3, 0.4) is 0 Å². The van der Waals surface area contributed by atoms with Gasteiger partial charge < -0.3 is 10.1 Å². The van der Waals surface area contributed by atoms with E-state index in [0.29, 0.717) is 30.3 Å². The maximum atomic E-state index is 13.5. The number of amides is 1. The molecule has 0 heterocycles. The fourth-order valence-corrected chi connectivity index (χ4v) is 5.55. The first-order valence-electron chi connectivity index (χ1n) is 12.6. The Morgan fingerprint density at radius 3 is 2.08 bits per heavy atom. The largest absolute Gasteiger partial charge is 0.491 e. The molecule has 0 saturated heterocycles. The number of nitrogens with zero attached hydrogens (tertiary/aromatic N) is 1. The second-order valence-electron chi connectivity index (χ2n) is 9.15. The first-order chi connectivity index (χ1) is 18.4. The van der Waals surface area contributed by atoms with E-state index in [1.165, 1.54) is 4.31 Å². The molecule has 4 rings (SSSR count). The highest BCUT2D eigenvalue weighted by Gasteiger charge is 2.25. The summed E-state index contributed by atoms with van der Waals surface area (Å²) >= 11 is 0. The minimum absolute atomic E-state index is 0.131. The Hall–Kier alpha value is -4.10. The van der Waals surface area contributed by atoms with E-state index < -0.39 is 10.0 Å². The van der Waals surface area contributed by atoms with Crippen molar-refractivity contribution in [2.24, 2.45) is 0 Å². The van der Waals surface area contributed by atoms with Gasteiger partial charge in [0.05, 0.1) is 23.7 Å². The average molecular weight is 529 g/mol. The van der Waals surface area contributed by atoms with Crippen LogP contribution in [0.15, 0.2) is 114 Å². The van der Waals surface area contributed by atoms with Crippen molar-refractivity contribution < 1.29 is 17.9 Å². The lowest BCUT2D eigenvalue weighted by atomic mass is 10.0. The lowest BCUT2D eigenvalue weighted by Crippen LogP contribution is -2.30. The summed E-state index contributed by atoms with van der Waals surface area (Å²) in [4.78, 5) is 12.9. The molecule has 0 spiro atoms. The molecule has 6 nitrogen and oxygen atoms in total. The number of benzene rings is 4. The Kier molecular flexibility index (Phi) is 8.81. The zero-order chi connectivity index (χ0) is 27.0. The van der Waals surface area contributed by atoms with Crippen LogP contribution >= 0.6 is 0 Å². The van der Waals surface area contributed by atoms with Crippen LogP contribution < -0.4 is 14.4 Å². The molecule has 0 atom stereocenters. The molecule has 7 heteroatoms. The second-order valence-corrected chi connectivity index (χ2v) is 11.0. The highest BCUT2D eigenvalue weighted by Crippen LogP contribution is 2.27. The molecule has 1 N–H and O–H groups in total. The van der Waals surface area contributed by atoms with E-state index in [2.05, 4.69) is 19.2 Å². The summed E-state index contributed by atoms with van der Waals surface area (Å²) in [5.74, 6) is 0.962. The van der Waals surface area contributed by atoms with Crippen LogP contribution in [0.4, 0.5) is 5.69 Å². The zero-order valence-electron chi connectivity index (χ0n) is 21.6. The summed E-state index contributed by atoms with van der Waals surface area (Å²) in [7, 11) is -3.79. The molecular formula is C31H32N2O4S. The predicted octanol–water partition coefficient (Wildman–Crippen LogP) is 6.01. The first-order valence-corrected chi connectivity index (χ1v) is 14.0. The van der Waals surface area contributed by atoms with E-state index in [1.807, 2.05) is 30.3 Å². The molecule has 38 heavy (non-hydrogen) atoms. The Balaban J connectivity index is 1.40. The van der Waals surface area contributed by atoms with Gasteiger partial charge in [0.25, 0.3) is 15.9 Å². The summed E-state index contributed by atoms with van der Waals surface area (Å²) < 4.78 is 34.2. The molecule has 0 aromatic heterocycles. The van der Waals surface area contributed by atoms with Gasteiger partial charge >= 0.3 is 0 Å². The van der Waals surface area contributed by atoms with Crippen molar-refractivity contribution in [3.05, 3.63) is 126 Å². The molecule has 0 fully saturated rings. The van der Waals surface area contributed by atoms with Crippen LogP contribution in [0, 0.1) is 0 Å². The fraction of sp³-hybridized carbons (Fsp3) is 0.194. The van der Waals surface area contributed by atoms with Crippen LogP contribution in [0.1, 0.15) is 41.3 Å². The maximum Gasteiger partial charge on any atom is 0.264 e. The van der Waals surface area contributed by atoms with Crippen LogP contribution in [0.5, 0.6) is 5.75 Å². The zero-order valence-corrected chi connectivity index (χ0v) is 22.4. The SMILES string of the molecule is CC(C)c1ccccc1OCCNC(=O)c1ccc(CN(c2ccccc2)S(=O)(=O)c2ccccc2)cc1. The van der Waals surface area contributed by atoms with Gasteiger partial charge in [-0.15, -0.1) is 0 Å². The fourth-order valence-electron chi connectivity index (χ4n) is 4.07. The maximum absolute atomic E-state index is 13.5. The molecule has 196 valence electrons. The number of nitrogens with one attached hydrogen (secondary N) is 1. The van der Waals surface area contributed by atoms with E-state index in [4.69, 9.17) is 4.74 Å². The lowest BCUT2D eigenvalue weighted by Gasteiger charge is -2.25. The molecule has 0 aliphatic rings. The molecular weight excluding hydrogens is 496 g/mol. The molecule has 1 amide bonds. The number of anilines is 1. The normalized spacial score (nSPS) is 11.2. The van der Waals surface area contributed by atoms with E-state index in [1.54, 1.807) is 78.9 Å². The summed E-state index contributed by atoms with van der Waals surface area (Å²) in [6.07, 6.45) is 0. The third-order valence-electron chi connectivity index (χ3n) is 6.10. The molecule has 0 saturated carbocycles. The van der Waals surface area contributed by atoms with E-state index in [0.717, 1.165) is 16.9 Å².